The molecule has 5 heteroatoms. The van der Waals surface area contributed by atoms with Gasteiger partial charge in [-0.05, 0) is 24.7 Å². The second kappa shape index (κ2) is 6.45. The summed E-state index contributed by atoms with van der Waals surface area (Å²) in [6, 6.07) is 0. The Bertz CT molecular complexity index is 260. The van der Waals surface area contributed by atoms with Crippen LogP contribution in [0, 0.1) is 5.41 Å². The SMILES string of the molecule is CCCS(=O)(=O)NCCCC(C)(C)CO. The quantitative estimate of drug-likeness (QED) is 0.622. The lowest BCUT2D eigenvalue weighted by Crippen LogP contribution is -2.28. The number of aliphatic hydroxyl groups is 1. The van der Waals surface area contributed by atoms with Crippen LogP contribution in [0.2, 0.25) is 0 Å². The van der Waals surface area contributed by atoms with Crippen molar-refractivity contribution in [2.75, 3.05) is 18.9 Å². The molecule has 0 spiro atoms. The third-order valence-electron chi connectivity index (χ3n) is 2.25. The highest BCUT2D eigenvalue weighted by atomic mass is 32.2. The van der Waals surface area contributed by atoms with Crippen LogP contribution in [0.25, 0.3) is 0 Å². The standard InChI is InChI=1S/C10H23NO3S/c1-4-8-15(13,14)11-7-5-6-10(2,3)9-12/h11-12H,4-9H2,1-3H3. The van der Waals surface area contributed by atoms with Crippen LogP contribution in [-0.2, 0) is 10.0 Å². The van der Waals surface area contributed by atoms with Gasteiger partial charge in [0, 0.05) is 13.2 Å². The van der Waals surface area contributed by atoms with Crippen molar-refractivity contribution < 1.29 is 13.5 Å². The molecule has 0 rings (SSSR count). The molecule has 4 nitrogen and oxygen atoms in total. The summed E-state index contributed by atoms with van der Waals surface area (Å²) in [5, 5.41) is 9.00. The summed E-state index contributed by atoms with van der Waals surface area (Å²) < 4.78 is 25.1. The molecule has 0 amide bonds. The van der Waals surface area contributed by atoms with Crippen molar-refractivity contribution in [1.29, 1.82) is 0 Å². The minimum Gasteiger partial charge on any atom is -0.396 e. The smallest absolute Gasteiger partial charge is 0.211 e. The molecule has 0 aromatic rings. The number of hydrogen-bond acceptors (Lipinski definition) is 3. The van der Waals surface area contributed by atoms with Crippen molar-refractivity contribution in [3.05, 3.63) is 0 Å². The average Bonchev–Trinajstić information content (AvgIpc) is 2.13. The number of rotatable bonds is 8. The van der Waals surface area contributed by atoms with Gasteiger partial charge in [0.1, 0.15) is 0 Å². The number of nitrogens with one attached hydrogen (secondary N) is 1. The maximum atomic E-state index is 11.3. The van der Waals surface area contributed by atoms with Crippen LogP contribution in [0.4, 0.5) is 0 Å². The maximum absolute atomic E-state index is 11.3. The van der Waals surface area contributed by atoms with Crippen molar-refractivity contribution in [3.63, 3.8) is 0 Å². The van der Waals surface area contributed by atoms with Crippen LogP contribution >= 0.6 is 0 Å². The number of aliphatic hydroxyl groups excluding tert-OH is 1. The topological polar surface area (TPSA) is 66.4 Å². The first-order chi connectivity index (χ1) is 6.83. The van der Waals surface area contributed by atoms with Crippen LogP contribution in [0.1, 0.15) is 40.0 Å². The Morgan fingerprint density at radius 2 is 1.93 bits per heavy atom. The molecule has 0 atom stereocenters. The molecule has 0 aliphatic rings. The van der Waals surface area contributed by atoms with Crippen LogP contribution in [0.15, 0.2) is 0 Å². The fourth-order valence-corrected chi connectivity index (χ4v) is 2.35. The van der Waals surface area contributed by atoms with Gasteiger partial charge in [-0.15, -0.1) is 0 Å². The lowest BCUT2D eigenvalue weighted by Gasteiger charge is -2.21. The van der Waals surface area contributed by atoms with Gasteiger partial charge in [0.15, 0.2) is 0 Å². The van der Waals surface area contributed by atoms with E-state index in [1.165, 1.54) is 0 Å². The molecule has 0 aromatic heterocycles. The summed E-state index contributed by atoms with van der Waals surface area (Å²) in [7, 11) is -3.07. The van der Waals surface area contributed by atoms with E-state index in [-0.39, 0.29) is 17.8 Å². The third kappa shape index (κ3) is 7.76. The largest absolute Gasteiger partial charge is 0.396 e. The van der Waals surface area contributed by atoms with Gasteiger partial charge in [-0.2, -0.15) is 0 Å². The summed E-state index contributed by atoms with van der Waals surface area (Å²) in [5.74, 6) is 0.191. The molecule has 0 radical (unpaired) electrons. The van der Waals surface area contributed by atoms with E-state index in [2.05, 4.69) is 4.72 Å². The highest BCUT2D eigenvalue weighted by molar-refractivity contribution is 7.89. The molecule has 0 fully saturated rings. The molecule has 0 bridgehead atoms. The van der Waals surface area contributed by atoms with Gasteiger partial charge < -0.3 is 5.11 Å². The Morgan fingerprint density at radius 3 is 2.40 bits per heavy atom. The molecule has 0 saturated heterocycles. The van der Waals surface area contributed by atoms with Crippen LogP contribution in [0.3, 0.4) is 0 Å². The zero-order chi connectivity index (χ0) is 11.9. The number of sulfonamides is 1. The molecule has 0 unspecified atom stereocenters. The molecule has 0 aliphatic carbocycles. The predicted molar refractivity (Wildman–Crippen MR) is 62.2 cm³/mol. The normalized spacial score (nSPS) is 13.1. The van der Waals surface area contributed by atoms with Crippen molar-refractivity contribution in [3.8, 4) is 0 Å². The first-order valence-electron chi connectivity index (χ1n) is 5.41. The molecule has 2 N–H and O–H groups in total. The highest BCUT2D eigenvalue weighted by Gasteiger charge is 2.16. The monoisotopic (exact) mass is 237 g/mol. The summed E-state index contributed by atoms with van der Waals surface area (Å²) in [4.78, 5) is 0. The van der Waals surface area contributed by atoms with E-state index in [1.807, 2.05) is 20.8 Å². The van der Waals surface area contributed by atoms with Gasteiger partial charge in [0.2, 0.25) is 10.0 Å². The first-order valence-corrected chi connectivity index (χ1v) is 7.06. The lowest BCUT2D eigenvalue weighted by molar-refractivity contribution is 0.148. The van der Waals surface area contributed by atoms with E-state index in [1.54, 1.807) is 0 Å². The van der Waals surface area contributed by atoms with E-state index in [9.17, 15) is 8.42 Å². The Balaban J connectivity index is 3.72. The minimum atomic E-state index is -3.07. The summed E-state index contributed by atoms with van der Waals surface area (Å²) in [6.07, 6.45) is 2.21. The fourth-order valence-electron chi connectivity index (χ4n) is 1.21. The predicted octanol–water partition coefficient (Wildman–Crippen LogP) is 1.11. The van der Waals surface area contributed by atoms with Crippen molar-refractivity contribution >= 4 is 10.0 Å². The van der Waals surface area contributed by atoms with Crippen LogP contribution < -0.4 is 4.72 Å². The summed E-state index contributed by atoms with van der Waals surface area (Å²) >= 11 is 0. The van der Waals surface area contributed by atoms with Crippen LogP contribution in [-0.4, -0.2) is 32.4 Å². The van der Waals surface area contributed by atoms with Crippen molar-refractivity contribution in [2.24, 2.45) is 5.41 Å². The molecule has 15 heavy (non-hydrogen) atoms. The molecule has 92 valence electrons. The zero-order valence-corrected chi connectivity index (χ0v) is 10.7. The molecular formula is C10H23NO3S. The lowest BCUT2D eigenvalue weighted by atomic mass is 9.89. The van der Waals surface area contributed by atoms with Gasteiger partial charge in [-0.1, -0.05) is 20.8 Å². The fraction of sp³-hybridized carbons (Fsp3) is 1.00. The number of hydrogen-bond donors (Lipinski definition) is 2. The van der Waals surface area contributed by atoms with Gasteiger partial charge in [0.05, 0.1) is 5.75 Å². The first kappa shape index (κ1) is 14.9. The Hall–Kier alpha value is -0.130. The van der Waals surface area contributed by atoms with Crippen molar-refractivity contribution in [1.82, 2.24) is 4.72 Å². The van der Waals surface area contributed by atoms with Crippen LogP contribution in [0.5, 0.6) is 0 Å². The van der Waals surface area contributed by atoms with Crippen molar-refractivity contribution in [2.45, 2.75) is 40.0 Å². The molecule has 0 aromatic carbocycles. The second-order valence-corrected chi connectivity index (χ2v) is 6.57. The Labute approximate surface area is 93.1 Å². The molecular weight excluding hydrogens is 214 g/mol. The van der Waals surface area contributed by atoms with Gasteiger partial charge in [-0.25, -0.2) is 13.1 Å². The summed E-state index contributed by atoms with van der Waals surface area (Å²) in [5.41, 5.74) is -0.115. The van der Waals surface area contributed by atoms with E-state index >= 15 is 0 Å². The Morgan fingerprint density at radius 1 is 1.33 bits per heavy atom. The van der Waals surface area contributed by atoms with E-state index in [0.29, 0.717) is 13.0 Å². The molecule has 0 aliphatic heterocycles. The molecule has 0 heterocycles. The minimum absolute atomic E-state index is 0.115. The van der Waals surface area contributed by atoms with E-state index in [4.69, 9.17) is 5.11 Å². The highest BCUT2D eigenvalue weighted by Crippen LogP contribution is 2.20. The van der Waals surface area contributed by atoms with Gasteiger partial charge in [-0.3, -0.25) is 0 Å². The summed E-state index contributed by atoms with van der Waals surface area (Å²) in [6.45, 7) is 6.37. The zero-order valence-electron chi connectivity index (χ0n) is 9.91. The van der Waals surface area contributed by atoms with Gasteiger partial charge in [0.25, 0.3) is 0 Å². The average molecular weight is 237 g/mol. The maximum Gasteiger partial charge on any atom is 0.211 e. The third-order valence-corrected chi connectivity index (χ3v) is 3.84. The molecule has 0 saturated carbocycles. The Kier molecular flexibility index (Phi) is 6.40. The second-order valence-electron chi connectivity index (χ2n) is 4.64. The van der Waals surface area contributed by atoms with E-state index in [0.717, 1.165) is 12.8 Å². The van der Waals surface area contributed by atoms with E-state index < -0.39 is 10.0 Å². The van der Waals surface area contributed by atoms with Gasteiger partial charge >= 0.3 is 0 Å².